The standard InChI is InChI=1S/C25H26FN7O2/c1-32-15-19(14-29-32)21-12-17-10-18(13-28-23(17)30-21)25(35)31-22-11-16(4-5-20(22)26)24(34)27-6-9-33-7-2-3-8-33/h4-5,10-15H,2-3,6-9H2,1H3,(H,27,34)(H,28,30)(H,31,35). The van der Waals surface area contributed by atoms with Gasteiger partial charge in [0.1, 0.15) is 11.5 Å². The summed E-state index contributed by atoms with van der Waals surface area (Å²) in [5, 5.41) is 10.3. The first-order valence-corrected chi connectivity index (χ1v) is 11.6. The predicted octanol–water partition coefficient (Wildman–Crippen LogP) is 3.18. The van der Waals surface area contributed by atoms with Crippen LogP contribution in [-0.4, -0.2) is 62.6 Å². The Bertz CT molecular complexity index is 1390. The Hall–Kier alpha value is -4.05. The quantitative estimate of drug-likeness (QED) is 0.381. The molecule has 0 spiro atoms. The van der Waals surface area contributed by atoms with Crippen LogP contribution < -0.4 is 10.6 Å². The maximum Gasteiger partial charge on any atom is 0.257 e. The lowest BCUT2D eigenvalue weighted by Crippen LogP contribution is -2.33. The number of aromatic nitrogens is 4. The smallest absolute Gasteiger partial charge is 0.257 e. The van der Waals surface area contributed by atoms with Gasteiger partial charge < -0.3 is 20.5 Å². The highest BCUT2D eigenvalue weighted by atomic mass is 19.1. The van der Waals surface area contributed by atoms with E-state index in [1.54, 1.807) is 16.9 Å². The Morgan fingerprint density at radius 1 is 1.09 bits per heavy atom. The van der Waals surface area contributed by atoms with Crippen molar-refractivity contribution in [2.75, 3.05) is 31.5 Å². The number of pyridine rings is 1. The van der Waals surface area contributed by atoms with Crippen molar-refractivity contribution < 1.29 is 14.0 Å². The lowest BCUT2D eigenvalue weighted by atomic mass is 10.1. The molecule has 180 valence electrons. The summed E-state index contributed by atoms with van der Waals surface area (Å²) in [4.78, 5) is 35.2. The number of hydrogen-bond donors (Lipinski definition) is 3. The van der Waals surface area contributed by atoms with E-state index in [0.717, 1.165) is 36.3 Å². The molecule has 3 aromatic heterocycles. The molecule has 0 radical (unpaired) electrons. The van der Waals surface area contributed by atoms with Gasteiger partial charge in [-0.1, -0.05) is 0 Å². The number of amides is 2. The van der Waals surface area contributed by atoms with Crippen molar-refractivity contribution in [2.45, 2.75) is 12.8 Å². The molecule has 0 atom stereocenters. The maximum atomic E-state index is 14.4. The monoisotopic (exact) mass is 475 g/mol. The average molecular weight is 476 g/mol. The first-order chi connectivity index (χ1) is 17.0. The van der Waals surface area contributed by atoms with Gasteiger partial charge in [-0.2, -0.15) is 5.10 Å². The molecule has 2 amide bonds. The van der Waals surface area contributed by atoms with Crippen LogP contribution in [0.25, 0.3) is 22.3 Å². The molecule has 9 nitrogen and oxygen atoms in total. The van der Waals surface area contributed by atoms with Gasteiger partial charge in [-0.25, -0.2) is 9.37 Å². The Labute approximate surface area is 201 Å². The summed E-state index contributed by atoms with van der Waals surface area (Å²) in [6.07, 6.45) is 7.40. The second kappa shape index (κ2) is 9.67. The van der Waals surface area contributed by atoms with E-state index in [4.69, 9.17) is 0 Å². The largest absolute Gasteiger partial charge is 0.351 e. The van der Waals surface area contributed by atoms with Gasteiger partial charge in [-0.3, -0.25) is 14.3 Å². The average Bonchev–Trinajstić information content (AvgIpc) is 3.60. The van der Waals surface area contributed by atoms with Crippen molar-refractivity contribution in [2.24, 2.45) is 7.05 Å². The molecule has 1 aliphatic rings. The van der Waals surface area contributed by atoms with Crippen molar-refractivity contribution in [3.8, 4) is 11.3 Å². The van der Waals surface area contributed by atoms with Crippen LogP contribution in [0.3, 0.4) is 0 Å². The summed E-state index contributed by atoms with van der Waals surface area (Å²) < 4.78 is 16.1. The molecule has 1 aliphatic heterocycles. The van der Waals surface area contributed by atoms with E-state index in [1.165, 1.54) is 37.2 Å². The number of nitrogens with zero attached hydrogens (tertiary/aromatic N) is 4. The Balaban J connectivity index is 1.27. The Morgan fingerprint density at radius 2 is 1.91 bits per heavy atom. The van der Waals surface area contributed by atoms with Gasteiger partial charge in [0.15, 0.2) is 0 Å². The number of nitrogens with one attached hydrogen (secondary N) is 3. The number of fused-ring (bicyclic) bond motifs is 1. The number of rotatable bonds is 7. The minimum absolute atomic E-state index is 0.0626. The third kappa shape index (κ3) is 5.07. The molecule has 35 heavy (non-hydrogen) atoms. The van der Waals surface area contributed by atoms with Crippen molar-refractivity contribution in [1.29, 1.82) is 0 Å². The molecule has 0 unspecified atom stereocenters. The summed E-state index contributed by atoms with van der Waals surface area (Å²) in [6, 6.07) is 7.49. The zero-order valence-corrected chi connectivity index (χ0v) is 19.3. The van der Waals surface area contributed by atoms with Crippen molar-refractivity contribution in [1.82, 2.24) is 30.0 Å². The summed E-state index contributed by atoms with van der Waals surface area (Å²) in [6.45, 7) is 3.41. The summed E-state index contributed by atoms with van der Waals surface area (Å²) in [5.41, 5.74) is 2.84. The fourth-order valence-corrected chi connectivity index (χ4v) is 4.25. The molecule has 4 aromatic rings. The van der Waals surface area contributed by atoms with Gasteiger partial charge in [0.05, 0.1) is 23.1 Å². The SMILES string of the molecule is Cn1cc(-c2cc3cc(C(=O)Nc4cc(C(=O)NCCN5CCCC5)ccc4F)cnc3[nH]2)cn1. The number of carbonyl (C=O) groups excluding carboxylic acids is 2. The second-order valence-corrected chi connectivity index (χ2v) is 8.70. The number of likely N-dealkylation sites (tertiary alicyclic amines) is 1. The van der Waals surface area contributed by atoms with Crippen LogP contribution in [-0.2, 0) is 7.05 Å². The number of aromatic amines is 1. The van der Waals surface area contributed by atoms with E-state index in [0.29, 0.717) is 12.2 Å². The Morgan fingerprint density at radius 3 is 2.69 bits per heavy atom. The number of aryl methyl sites for hydroxylation is 1. The van der Waals surface area contributed by atoms with E-state index in [2.05, 4.69) is 30.6 Å². The van der Waals surface area contributed by atoms with Gasteiger partial charge in [-0.05, 0) is 56.3 Å². The third-order valence-electron chi connectivity index (χ3n) is 6.14. The van der Waals surface area contributed by atoms with Crippen LogP contribution in [0.4, 0.5) is 10.1 Å². The molecule has 4 heterocycles. The summed E-state index contributed by atoms with van der Waals surface area (Å²) in [7, 11) is 1.83. The molecule has 3 N–H and O–H groups in total. The van der Waals surface area contributed by atoms with Gasteiger partial charge in [0.25, 0.3) is 11.8 Å². The van der Waals surface area contributed by atoms with Gasteiger partial charge in [0, 0.05) is 49.0 Å². The number of anilines is 1. The molecule has 5 rings (SSSR count). The molecule has 1 aromatic carbocycles. The normalized spacial score (nSPS) is 13.9. The van der Waals surface area contributed by atoms with Crippen LogP contribution in [0, 0.1) is 5.82 Å². The van der Waals surface area contributed by atoms with Gasteiger partial charge >= 0.3 is 0 Å². The van der Waals surface area contributed by atoms with E-state index in [1.807, 2.05) is 19.3 Å². The first kappa shape index (κ1) is 22.7. The second-order valence-electron chi connectivity index (χ2n) is 8.70. The van der Waals surface area contributed by atoms with E-state index < -0.39 is 11.7 Å². The molecule has 0 aliphatic carbocycles. The molecule has 10 heteroatoms. The summed E-state index contributed by atoms with van der Waals surface area (Å²) >= 11 is 0. The Kier molecular flexibility index (Phi) is 6.28. The lowest BCUT2D eigenvalue weighted by Gasteiger charge is -2.15. The molecule has 1 fully saturated rings. The van der Waals surface area contributed by atoms with E-state index >= 15 is 0 Å². The van der Waals surface area contributed by atoms with Crippen LogP contribution in [0.5, 0.6) is 0 Å². The topological polar surface area (TPSA) is 108 Å². The zero-order chi connectivity index (χ0) is 24.4. The fourth-order valence-electron chi connectivity index (χ4n) is 4.25. The minimum Gasteiger partial charge on any atom is -0.351 e. The highest BCUT2D eigenvalue weighted by Gasteiger charge is 2.16. The van der Waals surface area contributed by atoms with E-state index in [9.17, 15) is 14.0 Å². The predicted molar refractivity (Wildman–Crippen MR) is 131 cm³/mol. The first-order valence-electron chi connectivity index (χ1n) is 11.6. The van der Waals surface area contributed by atoms with Gasteiger partial charge in [-0.15, -0.1) is 0 Å². The number of carbonyl (C=O) groups is 2. The van der Waals surface area contributed by atoms with Gasteiger partial charge in [0.2, 0.25) is 0 Å². The van der Waals surface area contributed by atoms with Crippen LogP contribution in [0.1, 0.15) is 33.6 Å². The fraction of sp³-hybridized carbons (Fsp3) is 0.280. The number of H-pyrrole nitrogens is 1. The van der Waals surface area contributed by atoms with Crippen LogP contribution in [0.2, 0.25) is 0 Å². The highest BCUT2D eigenvalue weighted by Crippen LogP contribution is 2.24. The van der Waals surface area contributed by atoms with Crippen molar-refractivity contribution >= 4 is 28.5 Å². The molecular formula is C25H26FN7O2. The van der Waals surface area contributed by atoms with E-state index in [-0.39, 0.29) is 22.7 Å². The molecule has 0 bridgehead atoms. The lowest BCUT2D eigenvalue weighted by molar-refractivity contribution is 0.0948. The molecule has 1 saturated heterocycles. The van der Waals surface area contributed by atoms with Crippen LogP contribution in [0.15, 0.2) is 48.9 Å². The molecule has 0 saturated carbocycles. The third-order valence-corrected chi connectivity index (χ3v) is 6.14. The molecular weight excluding hydrogens is 449 g/mol. The number of hydrogen-bond acceptors (Lipinski definition) is 5. The van der Waals surface area contributed by atoms with Crippen molar-refractivity contribution in [3.63, 3.8) is 0 Å². The highest BCUT2D eigenvalue weighted by molar-refractivity contribution is 6.06. The minimum atomic E-state index is -0.624. The van der Waals surface area contributed by atoms with Crippen molar-refractivity contribution in [3.05, 3.63) is 65.9 Å². The number of benzene rings is 1. The number of halogens is 1. The summed E-state index contributed by atoms with van der Waals surface area (Å²) in [5.74, 6) is -1.45. The maximum absolute atomic E-state index is 14.4. The van der Waals surface area contributed by atoms with Crippen LogP contribution >= 0.6 is 0 Å². The zero-order valence-electron chi connectivity index (χ0n) is 19.3.